The van der Waals surface area contributed by atoms with Crippen molar-refractivity contribution in [1.82, 2.24) is 4.90 Å². The first-order chi connectivity index (χ1) is 18.2. The van der Waals surface area contributed by atoms with Gasteiger partial charge in [0, 0.05) is 5.56 Å². The molecule has 1 N–H and O–H groups in total. The van der Waals surface area contributed by atoms with Crippen LogP contribution in [0.3, 0.4) is 0 Å². The predicted molar refractivity (Wildman–Crippen MR) is 146 cm³/mol. The highest BCUT2D eigenvalue weighted by Crippen LogP contribution is 2.43. The Morgan fingerprint density at radius 2 is 1.71 bits per heavy atom. The van der Waals surface area contributed by atoms with Gasteiger partial charge in [-0.3, -0.25) is 9.59 Å². The summed E-state index contributed by atoms with van der Waals surface area (Å²) in [7, 11) is 3.07. The van der Waals surface area contributed by atoms with E-state index in [1.165, 1.54) is 12.0 Å². The molecule has 1 aliphatic heterocycles. The lowest BCUT2D eigenvalue weighted by Gasteiger charge is -2.26. The zero-order valence-electron chi connectivity index (χ0n) is 22.6. The molecule has 1 fully saturated rings. The van der Waals surface area contributed by atoms with Gasteiger partial charge >= 0.3 is 0 Å². The number of hydrogen-bond donors (Lipinski definition) is 1. The Bertz CT molecular complexity index is 1410. The summed E-state index contributed by atoms with van der Waals surface area (Å²) in [5, 5.41) is 11.6. The fourth-order valence-electron chi connectivity index (χ4n) is 4.98. The topological polar surface area (TPSA) is 85.3 Å². The van der Waals surface area contributed by atoms with E-state index in [2.05, 4.69) is 0 Å². The normalized spacial score (nSPS) is 16.7. The lowest BCUT2D eigenvalue weighted by atomic mass is 9.93. The molecule has 1 atom stereocenters. The number of nitrogens with zero attached hydrogens (tertiary/aromatic N) is 1. The first kappa shape index (κ1) is 26.8. The average molecular weight is 516 g/mol. The van der Waals surface area contributed by atoms with Crippen molar-refractivity contribution in [2.75, 3.05) is 14.2 Å². The van der Waals surface area contributed by atoms with Crippen molar-refractivity contribution < 1.29 is 28.9 Å². The van der Waals surface area contributed by atoms with Crippen LogP contribution in [0.15, 0.2) is 66.2 Å². The molecule has 3 aromatic rings. The van der Waals surface area contributed by atoms with Crippen LogP contribution in [0.5, 0.6) is 17.2 Å². The van der Waals surface area contributed by atoms with Crippen molar-refractivity contribution in [2.24, 2.45) is 0 Å². The third-order valence-electron chi connectivity index (χ3n) is 6.50. The van der Waals surface area contributed by atoms with Crippen LogP contribution >= 0.6 is 0 Å². The maximum absolute atomic E-state index is 13.6. The fourth-order valence-corrected chi connectivity index (χ4v) is 4.98. The van der Waals surface area contributed by atoms with E-state index in [-0.39, 0.29) is 24.0 Å². The van der Waals surface area contributed by atoms with Gasteiger partial charge in [-0.2, -0.15) is 0 Å². The molecule has 3 aromatic carbocycles. The number of para-hydroxylation sites is 1. The van der Waals surface area contributed by atoms with Gasteiger partial charge in [0.2, 0.25) is 0 Å². The third-order valence-corrected chi connectivity index (χ3v) is 6.50. The van der Waals surface area contributed by atoms with Crippen LogP contribution < -0.4 is 14.2 Å². The van der Waals surface area contributed by atoms with Gasteiger partial charge in [0.05, 0.1) is 44.0 Å². The highest BCUT2D eigenvalue weighted by Gasteiger charge is 2.46. The van der Waals surface area contributed by atoms with E-state index in [9.17, 15) is 14.7 Å². The number of methoxy groups -OCH3 is 2. The number of aliphatic hydroxyl groups is 1. The van der Waals surface area contributed by atoms with E-state index in [1.54, 1.807) is 25.3 Å². The van der Waals surface area contributed by atoms with Crippen LogP contribution in [0, 0.1) is 13.8 Å². The molecule has 1 amide bonds. The smallest absolute Gasteiger partial charge is 0.295 e. The van der Waals surface area contributed by atoms with Gasteiger partial charge in [-0.15, -0.1) is 0 Å². The van der Waals surface area contributed by atoms with Gasteiger partial charge in [-0.25, -0.2) is 0 Å². The Kier molecular flexibility index (Phi) is 7.76. The van der Waals surface area contributed by atoms with Gasteiger partial charge in [0.15, 0.2) is 0 Å². The number of rotatable bonds is 8. The molecule has 1 unspecified atom stereocenters. The number of aliphatic hydroxyl groups excluding tert-OH is 1. The largest absolute Gasteiger partial charge is 0.507 e. The zero-order chi connectivity index (χ0) is 27.6. The molecule has 7 nitrogen and oxygen atoms in total. The highest BCUT2D eigenvalue weighted by molar-refractivity contribution is 6.46. The van der Waals surface area contributed by atoms with Crippen LogP contribution in [0.1, 0.15) is 47.7 Å². The summed E-state index contributed by atoms with van der Waals surface area (Å²) in [6.07, 6.45) is -0.0651. The SMILES string of the molecule is COc1ccccc1CN1C(=O)C(=O)/C(=C(/O)c2cc(C)cc(C)c2OC)C1c1cccc(OC(C)C)c1. The summed E-state index contributed by atoms with van der Waals surface area (Å²) in [6, 6.07) is 17.4. The summed E-state index contributed by atoms with van der Waals surface area (Å²) in [4.78, 5) is 28.6. The van der Waals surface area contributed by atoms with Crippen molar-refractivity contribution >= 4 is 17.4 Å². The van der Waals surface area contributed by atoms with Gasteiger partial charge in [-0.1, -0.05) is 36.4 Å². The number of ether oxygens (including phenoxy) is 3. The molecule has 0 aliphatic carbocycles. The second-order valence-electron chi connectivity index (χ2n) is 9.64. The number of amides is 1. The molecule has 0 bridgehead atoms. The molecule has 0 saturated carbocycles. The van der Waals surface area contributed by atoms with Gasteiger partial charge in [0.25, 0.3) is 11.7 Å². The number of Topliss-reactive ketones (excluding diaryl/α,β-unsaturated/α-hetero) is 1. The van der Waals surface area contributed by atoms with Crippen LogP contribution in [-0.2, 0) is 16.1 Å². The van der Waals surface area contributed by atoms with Crippen molar-refractivity contribution in [1.29, 1.82) is 0 Å². The molecule has 1 heterocycles. The number of hydrogen-bond acceptors (Lipinski definition) is 6. The number of carbonyl (C=O) groups is 2. The van der Waals surface area contributed by atoms with Crippen molar-refractivity contribution in [3.05, 3.63) is 94.1 Å². The molecule has 1 aliphatic rings. The summed E-state index contributed by atoms with van der Waals surface area (Å²) in [6.45, 7) is 7.72. The van der Waals surface area contributed by atoms with Crippen molar-refractivity contribution in [3.63, 3.8) is 0 Å². The molecule has 4 rings (SSSR count). The fraction of sp³-hybridized carbons (Fsp3) is 0.290. The second kappa shape index (κ2) is 11.0. The number of aryl methyl sites for hydroxylation is 2. The van der Waals surface area contributed by atoms with Crippen molar-refractivity contribution in [2.45, 2.75) is 46.4 Å². The third kappa shape index (κ3) is 5.09. The van der Waals surface area contributed by atoms with E-state index in [1.807, 2.05) is 70.2 Å². The molecule has 1 saturated heterocycles. The molecule has 0 spiro atoms. The number of carbonyl (C=O) groups excluding carboxylic acids is 2. The minimum atomic E-state index is -0.860. The predicted octanol–water partition coefficient (Wildman–Crippen LogP) is 5.73. The van der Waals surface area contributed by atoms with Gasteiger partial charge in [0.1, 0.15) is 23.0 Å². The number of benzene rings is 3. The summed E-state index contributed by atoms with van der Waals surface area (Å²) >= 11 is 0. The summed E-state index contributed by atoms with van der Waals surface area (Å²) < 4.78 is 17.0. The van der Waals surface area contributed by atoms with Crippen LogP contribution in [0.25, 0.3) is 5.76 Å². The van der Waals surface area contributed by atoms with E-state index in [0.717, 1.165) is 16.7 Å². The number of likely N-dealkylation sites (tertiary alicyclic amines) is 1. The summed E-state index contributed by atoms with van der Waals surface area (Å²) in [5.41, 5.74) is 3.43. The molecule has 0 aromatic heterocycles. The van der Waals surface area contributed by atoms with E-state index in [4.69, 9.17) is 14.2 Å². The van der Waals surface area contributed by atoms with Gasteiger partial charge < -0.3 is 24.2 Å². The quantitative estimate of drug-likeness (QED) is 0.234. The molecule has 198 valence electrons. The first-order valence-corrected chi connectivity index (χ1v) is 12.5. The Labute approximate surface area is 223 Å². The van der Waals surface area contributed by atoms with Gasteiger partial charge in [-0.05, 0) is 68.7 Å². The maximum Gasteiger partial charge on any atom is 0.295 e. The zero-order valence-corrected chi connectivity index (χ0v) is 22.6. The monoisotopic (exact) mass is 515 g/mol. The highest BCUT2D eigenvalue weighted by atomic mass is 16.5. The Balaban J connectivity index is 1.94. The Morgan fingerprint density at radius 1 is 0.974 bits per heavy atom. The molecule has 0 radical (unpaired) electrons. The first-order valence-electron chi connectivity index (χ1n) is 12.5. The molecule has 7 heteroatoms. The number of ketones is 1. The van der Waals surface area contributed by atoms with E-state index < -0.39 is 17.7 Å². The van der Waals surface area contributed by atoms with E-state index in [0.29, 0.717) is 28.4 Å². The van der Waals surface area contributed by atoms with Crippen LogP contribution in [-0.4, -0.2) is 42.0 Å². The van der Waals surface area contributed by atoms with Crippen LogP contribution in [0.4, 0.5) is 0 Å². The maximum atomic E-state index is 13.6. The Hall–Kier alpha value is -4.26. The molecule has 38 heavy (non-hydrogen) atoms. The Morgan fingerprint density at radius 3 is 2.39 bits per heavy atom. The molecular weight excluding hydrogens is 482 g/mol. The molecular formula is C31H33NO6. The lowest BCUT2D eigenvalue weighted by molar-refractivity contribution is -0.140. The van der Waals surface area contributed by atoms with Crippen LogP contribution in [0.2, 0.25) is 0 Å². The minimum Gasteiger partial charge on any atom is -0.507 e. The minimum absolute atomic E-state index is 0.00473. The van der Waals surface area contributed by atoms with Crippen molar-refractivity contribution in [3.8, 4) is 17.2 Å². The van der Waals surface area contributed by atoms with E-state index >= 15 is 0 Å². The summed E-state index contributed by atoms with van der Waals surface area (Å²) in [5.74, 6) is -0.112. The standard InChI is InChI=1S/C31H33NO6/c1-18(2)38-23-12-9-11-21(16-23)27-26(28(33)24-15-19(3)14-20(4)30(24)37-6)29(34)31(35)32(27)17-22-10-7-8-13-25(22)36-5/h7-16,18,27,33H,17H2,1-6H3/b28-26+. The average Bonchev–Trinajstić information content (AvgIpc) is 3.13. The second-order valence-corrected chi connectivity index (χ2v) is 9.64. The lowest BCUT2D eigenvalue weighted by Crippen LogP contribution is -2.29.